The number of nitrogens with zero attached hydrogens (tertiary/aromatic N) is 1. The first kappa shape index (κ1) is 13.0. The maximum absolute atomic E-state index is 9.66. The third kappa shape index (κ3) is 3.29. The van der Waals surface area contributed by atoms with Gasteiger partial charge in [0.15, 0.2) is 0 Å². The summed E-state index contributed by atoms with van der Waals surface area (Å²) in [6, 6.07) is 12.2. The lowest BCUT2D eigenvalue weighted by atomic mass is 10.2. The third-order valence-corrected chi connectivity index (χ3v) is 2.83. The van der Waals surface area contributed by atoms with Crippen molar-refractivity contribution in [3.8, 4) is 11.5 Å². The van der Waals surface area contributed by atoms with E-state index in [9.17, 15) is 10.2 Å². The smallest absolute Gasteiger partial charge is 0.124 e. The molecular formula is C14H17N3O2. The van der Waals surface area contributed by atoms with Crippen LogP contribution in [0.25, 0.3) is 0 Å². The number of hydrogen-bond donors (Lipinski definition) is 4. The molecule has 0 radical (unpaired) electrons. The summed E-state index contributed by atoms with van der Waals surface area (Å²) in [5, 5.41) is 23.6. The normalized spacial score (nSPS) is 10.2. The fourth-order valence-corrected chi connectivity index (χ4v) is 1.71. The van der Waals surface area contributed by atoms with Gasteiger partial charge in [-0.3, -0.25) is 0 Å². The number of anilines is 2. The summed E-state index contributed by atoms with van der Waals surface area (Å²) in [7, 11) is 1.77. The van der Waals surface area contributed by atoms with Crippen molar-refractivity contribution in [1.82, 2.24) is 0 Å². The average Bonchev–Trinajstić information content (AvgIpc) is 2.38. The van der Waals surface area contributed by atoms with Gasteiger partial charge < -0.3 is 20.5 Å². The lowest BCUT2D eigenvalue weighted by Crippen LogP contribution is -2.24. The van der Waals surface area contributed by atoms with Crippen LogP contribution >= 0.6 is 0 Å². The van der Waals surface area contributed by atoms with Gasteiger partial charge in [0.25, 0.3) is 0 Å². The van der Waals surface area contributed by atoms with Gasteiger partial charge in [0, 0.05) is 30.9 Å². The average molecular weight is 259 g/mol. The summed E-state index contributed by atoms with van der Waals surface area (Å²) in [6.07, 6.45) is 0. The number of aromatic hydroxyl groups is 2. The third-order valence-electron chi connectivity index (χ3n) is 2.83. The van der Waals surface area contributed by atoms with Gasteiger partial charge >= 0.3 is 0 Å². The Morgan fingerprint density at radius 1 is 1.11 bits per heavy atom. The van der Waals surface area contributed by atoms with E-state index in [4.69, 9.17) is 5.84 Å². The van der Waals surface area contributed by atoms with E-state index in [0.29, 0.717) is 6.54 Å². The minimum atomic E-state index is 0.0524. The minimum absolute atomic E-state index is 0.0524. The van der Waals surface area contributed by atoms with Crippen molar-refractivity contribution in [2.24, 2.45) is 5.84 Å². The Balaban J connectivity index is 2.02. The Morgan fingerprint density at radius 2 is 1.79 bits per heavy atom. The van der Waals surface area contributed by atoms with E-state index < -0.39 is 0 Å². The van der Waals surface area contributed by atoms with Gasteiger partial charge in [0.1, 0.15) is 11.5 Å². The molecule has 0 heterocycles. The van der Waals surface area contributed by atoms with Crippen molar-refractivity contribution in [3.05, 3.63) is 48.0 Å². The molecule has 0 atom stereocenters. The SMILES string of the molecule is CN(N)c1ccc(NCc2ccc(O)cc2O)cc1. The number of phenols is 2. The summed E-state index contributed by atoms with van der Waals surface area (Å²) in [4.78, 5) is 0. The lowest BCUT2D eigenvalue weighted by molar-refractivity contribution is 0.446. The summed E-state index contributed by atoms with van der Waals surface area (Å²) < 4.78 is 0. The second-order valence-corrected chi connectivity index (χ2v) is 4.32. The fraction of sp³-hybridized carbons (Fsp3) is 0.143. The zero-order valence-electron chi connectivity index (χ0n) is 10.7. The fourth-order valence-electron chi connectivity index (χ4n) is 1.71. The molecule has 0 unspecified atom stereocenters. The van der Waals surface area contributed by atoms with Crippen LogP contribution in [0, 0.1) is 0 Å². The first-order valence-electron chi connectivity index (χ1n) is 5.89. The summed E-state index contributed by atoms with van der Waals surface area (Å²) in [5.41, 5.74) is 2.56. The van der Waals surface area contributed by atoms with Crippen molar-refractivity contribution < 1.29 is 10.2 Å². The highest BCUT2D eigenvalue weighted by Gasteiger charge is 2.02. The van der Waals surface area contributed by atoms with Gasteiger partial charge in [-0.1, -0.05) is 0 Å². The van der Waals surface area contributed by atoms with E-state index in [1.807, 2.05) is 24.3 Å². The highest BCUT2D eigenvalue weighted by atomic mass is 16.3. The van der Waals surface area contributed by atoms with Crippen molar-refractivity contribution in [2.45, 2.75) is 6.54 Å². The van der Waals surface area contributed by atoms with Gasteiger partial charge in [-0.15, -0.1) is 0 Å². The van der Waals surface area contributed by atoms with Crippen LogP contribution in [-0.2, 0) is 6.54 Å². The monoisotopic (exact) mass is 259 g/mol. The quantitative estimate of drug-likeness (QED) is 0.499. The molecule has 19 heavy (non-hydrogen) atoms. The predicted molar refractivity (Wildman–Crippen MR) is 76.1 cm³/mol. The van der Waals surface area contributed by atoms with Crippen LogP contribution in [0.3, 0.4) is 0 Å². The van der Waals surface area contributed by atoms with Crippen molar-refractivity contribution in [3.63, 3.8) is 0 Å². The Morgan fingerprint density at radius 3 is 2.37 bits per heavy atom. The molecule has 5 heteroatoms. The molecule has 5 nitrogen and oxygen atoms in total. The van der Waals surface area contributed by atoms with Crippen LogP contribution < -0.4 is 16.2 Å². The van der Waals surface area contributed by atoms with E-state index in [2.05, 4.69) is 5.32 Å². The number of benzene rings is 2. The Bertz CT molecular complexity index is 553. The second-order valence-electron chi connectivity index (χ2n) is 4.32. The highest BCUT2D eigenvalue weighted by Crippen LogP contribution is 2.23. The first-order valence-corrected chi connectivity index (χ1v) is 5.89. The molecule has 0 aliphatic rings. The topological polar surface area (TPSA) is 81.8 Å². The van der Waals surface area contributed by atoms with Crippen LogP contribution in [-0.4, -0.2) is 17.3 Å². The maximum Gasteiger partial charge on any atom is 0.124 e. The molecule has 0 fully saturated rings. The molecule has 5 N–H and O–H groups in total. The minimum Gasteiger partial charge on any atom is -0.508 e. The predicted octanol–water partition coefficient (Wildman–Crippen LogP) is 2.02. The number of phenolic OH excluding ortho intramolecular Hbond substituents is 2. The second kappa shape index (κ2) is 5.49. The summed E-state index contributed by atoms with van der Waals surface area (Å²) in [5.74, 6) is 5.75. The molecule has 2 rings (SSSR count). The number of nitrogens with one attached hydrogen (secondary N) is 1. The summed E-state index contributed by atoms with van der Waals surface area (Å²) >= 11 is 0. The Labute approximate surface area is 111 Å². The van der Waals surface area contributed by atoms with E-state index in [1.54, 1.807) is 19.2 Å². The van der Waals surface area contributed by atoms with Gasteiger partial charge in [-0.2, -0.15) is 0 Å². The van der Waals surface area contributed by atoms with Gasteiger partial charge in [0.2, 0.25) is 0 Å². The highest BCUT2D eigenvalue weighted by molar-refractivity contribution is 5.54. The molecule has 0 aliphatic heterocycles. The molecule has 100 valence electrons. The van der Waals surface area contributed by atoms with E-state index in [0.717, 1.165) is 16.9 Å². The number of nitrogens with two attached hydrogens (primary N) is 1. The van der Waals surface area contributed by atoms with Crippen LogP contribution in [0.1, 0.15) is 5.56 Å². The number of hydrazine groups is 1. The number of hydrogen-bond acceptors (Lipinski definition) is 5. The molecule has 0 aliphatic carbocycles. The molecule has 2 aromatic carbocycles. The lowest BCUT2D eigenvalue weighted by Gasteiger charge is -2.13. The van der Waals surface area contributed by atoms with Crippen molar-refractivity contribution in [2.75, 3.05) is 17.4 Å². The molecule has 0 aromatic heterocycles. The van der Waals surface area contributed by atoms with Crippen LogP contribution in [0.15, 0.2) is 42.5 Å². The first-order chi connectivity index (χ1) is 9.06. The molecule has 0 bridgehead atoms. The van der Waals surface area contributed by atoms with Crippen LogP contribution in [0.5, 0.6) is 11.5 Å². The standard InChI is InChI=1S/C14H17N3O2/c1-17(15)12-5-3-11(4-6-12)16-9-10-2-7-13(18)8-14(10)19/h2-8,16,18-19H,9,15H2,1H3. The Hall–Kier alpha value is -2.40. The molecular weight excluding hydrogens is 242 g/mol. The summed E-state index contributed by atoms with van der Waals surface area (Å²) in [6.45, 7) is 0.476. The van der Waals surface area contributed by atoms with Crippen LogP contribution in [0.4, 0.5) is 11.4 Å². The van der Waals surface area contributed by atoms with E-state index >= 15 is 0 Å². The largest absolute Gasteiger partial charge is 0.508 e. The molecule has 2 aromatic rings. The van der Waals surface area contributed by atoms with Gasteiger partial charge in [-0.05, 0) is 36.4 Å². The number of rotatable bonds is 4. The zero-order valence-corrected chi connectivity index (χ0v) is 10.7. The van der Waals surface area contributed by atoms with E-state index in [1.165, 1.54) is 11.1 Å². The molecule has 0 saturated heterocycles. The maximum atomic E-state index is 9.66. The van der Waals surface area contributed by atoms with Crippen molar-refractivity contribution >= 4 is 11.4 Å². The van der Waals surface area contributed by atoms with E-state index in [-0.39, 0.29) is 11.5 Å². The van der Waals surface area contributed by atoms with Gasteiger partial charge in [-0.25, -0.2) is 5.84 Å². The molecule has 0 saturated carbocycles. The van der Waals surface area contributed by atoms with Gasteiger partial charge in [0.05, 0.1) is 5.69 Å². The zero-order chi connectivity index (χ0) is 13.8. The Kier molecular flexibility index (Phi) is 3.77. The van der Waals surface area contributed by atoms with Crippen molar-refractivity contribution in [1.29, 1.82) is 0 Å². The van der Waals surface area contributed by atoms with Crippen LogP contribution in [0.2, 0.25) is 0 Å². The molecule has 0 spiro atoms. The molecule has 0 amide bonds.